The Morgan fingerprint density at radius 1 is 1.37 bits per heavy atom. The monoisotopic (exact) mass is 280 g/mol. The summed E-state index contributed by atoms with van der Waals surface area (Å²) in [6.45, 7) is 3.29. The van der Waals surface area contributed by atoms with Gasteiger partial charge < -0.3 is 10.1 Å². The molecule has 3 rings (SSSR count). The molecule has 0 saturated heterocycles. The highest BCUT2D eigenvalue weighted by atomic mass is 32.1. The number of fused-ring (bicyclic) bond motifs is 1. The summed E-state index contributed by atoms with van der Waals surface area (Å²) in [6, 6.07) is 0. The lowest BCUT2D eigenvalue weighted by molar-refractivity contribution is -0.0330. The van der Waals surface area contributed by atoms with Crippen molar-refractivity contribution in [1.29, 1.82) is 0 Å². The first kappa shape index (κ1) is 13.5. The molecule has 2 aliphatic carbocycles. The molecule has 0 spiro atoms. The fourth-order valence-corrected chi connectivity index (χ4v) is 4.54. The van der Waals surface area contributed by atoms with Gasteiger partial charge in [-0.2, -0.15) is 0 Å². The molecule has 1 aromatic rings. The van der Waals surface area contributed by atoms with Crippen LogP contribution in [0.3, 0.4) is 0 Å². The first-order chi connectivity index (χ1) is 9.27. The highest BCUT2D eigenvalue weighted by Gasteiger charge is 2.48. The van der Waals surface area contributed by atoms with E-state index in [0.29, 0.717) is 6.10 Å². The van der Waals surface area contributed by atoms with Crippen molar-refractivity contribution in [2.75, 3.05) is 13.7 Å². The highest BCUT2D eigenvalue weighted by Crippen LogP contribution is 2.45. The van der Waals surface area contributed by atoms with Crippen molar-refractivity contribution in [2.24, 2.45) is 0 Å². The average molecular weight is 280 g/mol. The maximum atomic E-state index is 5.48. The molecule has 0 bridgehead atoms. The van der Waals surface area contributed by atoms with Gasteiger partial charge in [-0.1, -0.05) is 6.92 Å². The molecule has 0 atom stereocenters. The molecule has 0 unspecified atom stereocenters. The molecule has 0 amide bonds. The molecule has 106 valence electrons. The molecule has 0 aliphatic heterocycles. The van der Waals surface area contributed by atoms with Gasteiger partial charge in [0.25, 0.3) is 0 Å². The first-order valence-electron chi connectivity index (χ1n) is 7.54. The van der Waals surface area contributed by atoms with Crippen molar-refractivity contribution >= 4 is 11.3 Å². The quantitative estimate of drug-likeness (QED) is 0.900. The second kappa shape index (κ2) is 5.51. The zero-order chi connectivity index (χ0) is 13.3. The molecule has 2 aliphatic rings. The average Bonchev–Trinajstić information content (AvgIpc) is 2.82. The predicted molar refractivity (Wildman–Crippen MR) is 78.8 cm³/mol. The van der Waals surface area contributed by atoms with Crippen molar-refractivity contribution in [3.05, 3.63) is 15.6 Å². The van der Waals surface area contributed by atoms with Crippen LogP contribution in [0.25, 0.3) is 0 Å². The molecule has 1 aromatic heterocycles. The minimum atomic E-state index is 0.110. The van der Waals surface area contributed by atoms with Gasteiger partial charge in [-0.3, -0.25) is 0 Å². The van der Waals surface area contributed by atoms with E-state index in [9.17, 15) is 0 Å². The van der Waals surface area contributed by atoms with Crippen LogP contribution in [0.4, 0.5) is 0 Å². The van der Waals surface area contributed by atoms with E-state index in [4.69, 9.17) is 9.72 Å². The lowest BCUT2D eigenvalue weighted by Crippen LogP contribution is -2.55. The van der Waals surface area contributed by atoms with Crippen molar-refractivity contribution in [3.8, 4) is 0 Å². The second-order valence-electron chi connectivity index (χ2n) is 5.87. The van der Waals surface area contributed by atoms with Crippen molar-refractivity contribution in [2.45, 2.75) is 63.5 Å². The standard InChI is InChI=1S/C15H24N2OS/c1-3-8-16-15(9-11(10-15)18-2)14-17-12-6-4-5-7-13(12)19-14/h11,16H,3-10H2,1-2H3. The van der Waals surface area contributed by atoms with Gasteiger partial charge in [-0.15, -0.1) is 11.3 Å². The molecule has 1 saturated carbocycles. The molecule has 3 nitrogen and oxygen atoms in total. The summed E-state index contributed by atoms with van der Waals surface area (Å²) in [6.07, 6.45) is 8.81. The number of rotatable bonds is 5. The van der Waals surface area contributed by atoms with Crippen LogP contribution >= 0.6 is 11.3 Å². The van der Waals surface area contributed by atoms with Gasteiger partial charge in [0, 0.05) is 12.0 Å². The third kappa shape index (κ3) is 2.46. The van der Waals surface area contributed by atoms with E-state index in [-0.39, 0.29) is 5.54 Å². The van der Waals surface area contributed by atoms with Gasteiger partial charge in [0.15, 0.2) is 0 Å². The minimum Gasteiger partial charge on any atom is -0.381 e. The summed E-state index contributed by atoms with van der Waals surface area (Å²) >= 11 is 1.95. The maximum Gasteiger partial charge on any atom is 0.113 e. The Bertz CT molecular complexity index is 408. The number of aromatic nitrogens is 1. The van der Waals surface area contributed by atoms with Gasteiger partial charge in [-0.25, -0.2) is 4.98 Å². The number of aryl methyl sites for hydroxylation is 2. The smallest absolute Gasteiger partial charge is 0.113 e. The molecule has 0 aromatic carbocycles. The molecule has 19 heavy (non-hydrogen) atoms. The summed E-state index contributed by atoms with van der Waals surface area (Å²) in [5, 5.41) is 5.06. The number of methoxy groups -OCH3 is 1. The van der Waals surface area contributed by atoms with Crippen LogP contribution in [-0.2, 0) is 23.1 Å². The molecule has 4 heteroatoms. The Labute approximate surface area is 119 Å². The Morgan fingerprint density at radius 3 is 2.84 bits per heavy atom. The lowest BCUT2D eigenvalue weighted by atomic mass is 9.74. The SMILES string of the molecule is CCCNC1(c2nc3c(s2)CCCC3)CC(OC)C1. The fourth-order valence-electron chi connectivity index (χ4n) is 3.20. The second-order valence-corrected chi connectivity index (χ2v) is 6.95. The molecule has 1 heterocycles. The zero-order valence-corrected chi connectivity index (χ0v) is 12.8. The lowest BCUT2D eigenvalue weighted by Gasteiger charge is -2.46. The van der Waals surface area contributed by atoms with E-state index in [0.717, 1.165) is 19.4 Å². The van der Waals surface area contributed by atoms with E-state index >= 15 is 0 Å². The highest BCUT2D eigenvalue weighted by molar-refractivity contribution is 7.11. The van der Waals surface area contributed by atoms with Gasteiger partial charge >= 0.3 is 0 Å². The van der Waals surface area contributed by atoms with Gasteiger partial charge in [0.2, 0.25) is 0 Å². The van der Waals surface area contributed by atoms with E-state index in [1.807, 2.05) is 18.4 Å². The Hall–Kier alpha value is -0.450. The van der Waals surface area contributed by atoms with Crippen LogP contribution in [0.15, 0.2) is 0 Å². The fraction of sp³-hybridized carbons (Fsp3) is 0.800. The molecule has 1 fully saturated rings. The third-order valence-electron chi connectivity index (χ3n) is 4.45. The van der Waals surface area contributed by atoms with Crippen molar-refractivity contribution < 1.29 is 4.74 Å². The molecule has 1 N–H and O–H groups in total. The van der Waals surface area contributed by atoms with Crippen LogP contribution in [0.5, 0.6) is 0 Å². The summed E-state index contributed by atoms with van der Waals surface area (Å²) in [4.78, 5) is 6.51. The Morgan fingerprint density at radius 2 is 2.16 bits per heavy atom. The summed E-state index contributed by atoms with van der Waals surface area (Å²) in [7, 11) is 1.82. The summed E-state index contributed by atoms with van der Waals surface area (Å²) < 4.78 is 5.48. The molecule has 0 radical (unpaired) electrons. The van der Waals surface area contributed by atoms with Gasteiger partial charge in [0.05, 0.1) is 17.3 Å². The molecular formula is C15H24N2OS. The summed E-state index contributed by atoms with van der Waals surface area (Å²) in [5.41, 5.74) is 1.49. The van der Waals surface area contributed by atoms with Crippen LogP contribution in [0, 0.1) is 0 Å². The van der Waals surface area contributed by atoms with Crippen LogP contribution in [-0.4, -0.2) is 24.7 Å². The molecular weight excluding hydrogens is 256 g/mol. The van der Waals surface area contributed by atoms with Gasteiger partial charge in [-0.05, 0) is 51.5 Å². The van der Waals surface area contributed by atoms with E-state index in [1.54, 1.807) is 4.88 Å². The van der Waals surface area contributed by atoms with Crippen LogP contribution in [0.2, 0.25) is 0 Å². The minimum absolute atomic E-state index is 0.110. The Balaban J connectivity index is 1.81. The van der Waals surface area contributed by atoms with Crippen molar-refractivity contribution in [1.82, 2.24) is 10.3 Å². The predicted octanol–water partition coefficient (Wildman–Crippen LogP) is 3.03. The number of nitrogens with zero attached hydrogens (tertiary/aromatic N) is 1. The van der Waals surface area contributed by atoms with E-state index in [2.05, 4.69) is 12.2 Å². The summed E-state index contributed by atoms with van der Waals surface area (Å²) in [5.74, 6) is 0. The number of hydrogen-bond donors (Lipinski definition) is 1. The van der Waals surface area contributed by atoms with Crippen molar-refractivity contribution in [3.63, 3.8) is 0 Å². The normalized spacial score (nSPS) is 29.9. The van der Waals surface area contributed by atoms with E-state index in [1.165, 1.54) is 42.8 Å². The number of thiazole rings is 1. The number of hydrogen-bond acceptors (Lipinski definition) is 4. The first-order valence-corrected chi connectivity index (χ1v) is 8.36. The maximum absolute atomic E-state index is 5.48. The topological polar surface area (TPSA) is 34.2 Å². The number of ether oxygens (including phenoxy) is 1. The van der Waals surface area contributed by atoms with Crippen LogP contribution < -0.4 is 5.32 Å². The van der Waals surface area contributed by atoms with E-state index < -0.39 is 0 Å². The zero-order valence-electron chi connectivity index (χ0n) is 12.0. The van der Waals surface area contributed by atoms with Crippen LogP contribution in [0.1, 0.15) is 54.6 Å². The van der Waals surface area contributed by atoms with Gasteiger partial charge in [0.1, 0.15) is 5.01 Å². The largest absolute Gasteiger partial charge is 0.381 e. The Kier molecular flexibility index (Phi) is 3.92. The third-order valence-corrected chi connectivity index (χ3v) is 5.82. The number of nitrogens with one attached hydrogen (secondary N) is 1.